The summed E-state index contributed by atoms with van der Waals surface area (Å²) in [6.07, 6.45) is 9.68. The molecule has 86 valence electrons. The lowest BCUT2D eigenvalue weighted by molar-refractivity contribution is 0.233. The molecular formula is C11H19ClN2O. The maximum atomic E-state index is 11.4. The number of allylic oxidation sites excluding steroid dienone is 1. The molecule has 0 radical (unpaired) electrons. The second-order valence-electron chi connectivity index (χ2n) is 3.82. The summed E-state index contributed by atoms with van der Waals surface area (Å²) in [7, 11) is 0. The minimum Gasteiger partial charge on any atom is -0.335 e. The van der Waals surface area contributed by atoms with E-state index < -0.39 is 0 Å². The Kier molecular flexibility index (Phi) is 6.25. The van der Waals surface area contributed by atoms with Gasteiger partial charge in [0.1, 0.15) is 0 Å². The summed E-state index contributed by atoms with van der Waals surface area (Å²) in [5.41, 5.74) is 0. The van der Waals surface area contributed by atoms with E-state index in [9.17, 15) is 4.79 Å². The minimum atomic E-state index is -0.0684. The van der Waals surface area contributed by atoms with Crippen LogP contribution in [0.5, 0.6) is 0 Å². The number of nitrogens with one attached hydrogen (secondary N) is 2. The quantitative estimate of drug-likeness (QED) is 0.565. The molecule has 2 N–H and O–H groups in total. The molecule has 0 aliphatic heterocycles. The van der Waals surface area contributed by atoms with E-state index in [0.29, 0.717) is 18.5 Å². The van der Waals surface area contributed by atoms with Crippen molar-refractivity contribution < 1.29 is 4.79 Å². The molecule has 0 aromatic heterocycles. The van der Waals surface area contributed by atoms with Crippen molar-refractivity contribution in [2.24, 2.45) is 0 Å². The molecule has 1 rings (SSSR count). The zero-order chi connectivity index (χ0) is 10.9. The number of halogens is 1. The maximum absolute atomic E-state index is 11.4. The third-order valence-corrected chi connectivity index (χ3v) is 2.75. The Balaban J connectivity index is 2.09. The van der Waals surface area contributed by atoms with Crippen molar-refractivity contribution in [1.82, 2.24) is 10.6 Å². The van der Waals surface area contributed by atoms with Crippen molar-refractivity contribution in [3.63, 3.8) is 0 Å². The lowest BCUT2D eigenvalue weighted by Gasteiger charge is -2.22. The van der Waals surface area contributed by atoms with Crippen LogP contribution in [0, 0.1) is 0 Å². The highest BCUT2D eigenvalue weighted by molar-refractivity contribution is 6.18. The van der Waals surface area contributed by atoms with Crippen LogP contribution in [0.15, 0.2) is 12.2 Å². The monoisotopic (exact) mass is 230 g/mol. The van der Waals surface area contributed by atoms with E-state index in [1.165, 1.54) is 19.3 Å². The van der Waals surface area contributed by atoms with Crippen molar-refractivity contribution in [3.05, 3.63) is 12.2 Å². The number of rotatable bonds is 4. The molecular weight excluding hydrogens is 212 g/mol. The molecule has 2 amide bonds. The van der Waals surface area contributed by atoms with Gasteiger partial charge in [-0.2, -0.15) is 0 Å². The Morgan fingerprint density at radius 2 is 2.00 bits per heavy atom. The van der Waals surface area contributed by atoms with Crippen LogP contribution < -0.4 is 10.6 Å². The molecule has 0 heterocycles. The first-order valence-electron chi connectivity index (χ1n) is 5.58. The van der Waals surface area contributed by atoms with Crippen molar-refractivity contribution in [2.45, 2.75) is 38.1 Å². The van der Waals surface area contributed by atoms with Gasteiger partial charge in [-0.3, -0.25) is 0 Å². The number of carbonyl (C=O) groups is 1. The lowest BCUT2D eigenvalue weighted by atomic mass is 9.96. The van der Waals surface area contributed by atoms with Crippen LogP contribution in [0.2, 0.25) is 0 Å². The fourth-order valence-corrected chi connectivity index (χ4v) is 1.91. The van der Waals surface area contributed by atoms with Gasteiger partial charge in [-0.15, -0.1) is 11.6 Å². The number of amides is 2. The van der Waals surface area contributed by atoms with Crippen LogP contribution in [-0.4, -0.2) is 24.5 Å². The molecule has 1 aliphatic carbocycles. The minimum absolute atomic E-state index is 0.0684. The molecule has 0 aromatic carbocycles. The molecule has 0 saturated heterocycles. The second-order valence-corrected chi connectivity index (χ2v) is 4.12. The van der Waals surface area contributed by atoms with E-state index in [2.05, 4.69) is 10.6 Å². The molecule has 4 heteroatoms. The molecule has 1 saturated carbocycles. The van der Waals surface area contributed by atoms with Gasteiger partial charge in [-0.05, 0) is 12.8 Å². The second kappa shape index (κ2) is 7.57. The Hall–Kier alpha value is -0.700. The Morgan fingerprint density at radius 3 is 2.67 bits per heavy atom. The number of alkyl halides is 1. The zero-order valence-electron chi connectivity index (χ0n) is 8.97. The summed E-state index contributed by atoms with van der Waals surface area (Å²) < 4.78 is 0. The molecule has 1 aliphatic rings. The van der Waals surface area contributed by atoms with Crippen LogP contribution >= 0.6 is 11.6 Å². The van der Waals surface area contributed by atoms with Crippen LogP contribution in [0.3, 0.4) is 0 Å². The van der Waals surface area contributed by atoms with Gasteiger partial charge in [0.15, 0.2) is 0 Å². The van der Waals surface area contributed by atoms with Gasteiger partial charge >= 0.3 is 6.03 Å². The highest BCUT2D eigenvalue weighted by atomic mass is 35.5. The SMILES string of the molecule is O=C(NC/C=C/CCl)NC1CCCCC1. The van der Waals surface area contributed by atoms with E-state index in [0.717, 1.165) is 12.8 Å². The predicted molar refractivity (Wildman–Crippen MR) is 63.3 cm³/mol. The normalized spacial score (nSPS) is 17.9. The molecule has 1 fully saturated rings. The Labute approximate surface area is 96.3 Å². The summed E-state index contributed by atoms with van der Waals surface area (Å²) in [4.78, 5) is 11.4. The van der Waals surface area contributed by atoms with Gasteiger partial charge in [0.05, 0.1) is 0 Å². The number of hydrogen-bond donors (Lipinski definition) is 2. The predicted octanol–water partition coefficient (Wildman–Crippen LogP) is 2.41. The zero-order valence-corrected chi connectivity index (χ0v) is 9.72. The van der Waals surface area contributed by atoms with Crippen LogP contribution in [0.1, 0.15) is 32.1 Å². The largest absolute Gasteiger partial charge is 0.335 e. The van der Waals surface area contributed by atoms with E-state index >= 15 is 0 Å². The van der Waals surface area contributed by atoms with Crippen molar-refractivity contribution in [1.29, 1.82) is 0 Å². The van der Waals surface area contributed by atoms with Crippen LogP contribution in [-0.2, 0) is 0 Å². The van der Waals surface area contributed by atoms with E-state index in [1.807, 2.05) is 12.2 Å². The van der Waals surface area contributed by atoms with E-state index in [1.54, 1.807) is 0 Å². The average molecular weight is 231 g/mol. The van der Waals surface area contributed by atoms with Gasteiger partial charge in [-0.25, -0.2) is 4.79 Å². The smallest absolute Gasteiger partial charge is 0.315 e. The first-order valence-corrected chi connectivity index (χ1v) is 6.11. The maximum Gasteiger partial charge on any atom is 0.315 e. The van der Waals surface area contributed by atoms with Crippen molar-refractivity contribution in [3.8, 4) is 0 Å². The highest BCUT2D eigenvalue weighted by Gasteiger charge is 2.14. The Morgan fingerprint density at radius 1 is 1.27 bits per heavy atom. The summed E-state index contributed by atoms with van der Waals surface area (Å²) >= 11 is 5.46. The first-order chi connectivity index (χ1) is 7.33. The molecule has 0 bridgehead atoms. The molecule has 0 atom stereocenters. The van der Waals surface area contributed by atoms with Crippen LogP contribution in [0.25, 0.3) is 0 Å². The summed E-state index contributed by atoms with van der Waals surface area (Å²) in [6, 6.07) is 0.303. The average Bonchev–Trinajstić information content (AvgIpc) is 2.26. The van der Waals surface area contributed by atoms with Gasteiger partial charge < -0.3 is 10.6 Å². The number of carbonyl (C=O) groups excluding carboxylic acids is 1. The molecule has 0 unspecified atom stereocenters. The molecule has 15 heavy (non-hydrogen) atoms. The lowest BCUT2D eigenvalue weighted by Crippen LogP contribution is -2.42. The number of urea groups is 1. The standard InChI is InChI=1S/C11H19ClN2O/c12-8-4-5-9-13-11(15)14-10-6-2-1-3-7-10/h4-5,10H,1-3,6-9H2,(H2,13,14,15)/b5-4+. The molecule has 3 nitrogen and oxygen atoms in total. The highest BCUT2D eigenvalue weighted by Crippen LogP contribution is 2.16. The van der Waals surface area contributed by atoms with Gasteiger partial charge in [0, 0.05) is 18.5 Å². The summed E-state index contributed by atoms with van der Waals surface area (Å²) in [5.74, 6) is 0.492. The molecule has 0 spiro atoms. The Bertz CT molecular complexity index is 213. The molecule has 0 aromatic rings. The first kappa shape index (κ1) is 12.4. The summed E-state index contributed by atoms with van der Waals surface area (Å²) in [5, 5.41) is 5.75. The van der Waals surface area contributed by atoms with Gasteiger partial charge in [-0.1, -0.05) is 31.4 Å². The third kappa shape index (κ3) is 5.67. The van der Waals surface area contributed by atoms with Crippen molar-refractivity contribution in [2.75, 3.05) is 12.4 Å². The van der Waals surface area contributed by atoms with Crippen molar-refractivity contribution >= 4 is 17.6 Å². The van der Waals surface area contributed by atoms with Gasteiger partial charge in [0.2, 0.25) is 0 Å². The topological polar surface area (TPSA) is 41.1 Å². The fourth-order valence-electron chi connectivity index (χ4n) is 1.78. The van der Waals surface area contributed by atoms with E-state index in [-0.39, 0.29) is 6.03 Å². The summed E-state index contributed by atoms with van der Waals surface area (Å²) in [6.45, 7) is 0.547. The van der Waals surface area contributed by atoms with Crippen LogP contribution in [0.4, 0.5) is 4.79 Å². The third-order valence-electron chi connectivity index (χ3n) is 2.58. The van der Waals surface area contributed by atoms with Gasteiger partial charge in [0.25, 0.3) is 0 Å². The van der Waals surface area contributed by atoms with E-state index in [4.69, 9.17) is 11.6 Å². The number of hydrogen-bond acceptors (Lipinski definition) is 1. The fraction of sp³-hybridized carbons (Fsp3) is 0.727.